The van der Waals surface area contributed by atoms with Crippen molar-refractivity contribution in [2.24, 2.45) is 4.99 Å². The Morgan fingerprint density at radius 2 is 2.00 bits per heavy atom. The molecule has 0 saturated heterocycles. The van der Waals surface area contributed by atoms with Gasteiger partial charge in [0.25, 0.3) is 0 Å². The number of rotatable bonds is 10. The average molecular weight is 425 g/mol. The predicted molar refractivity (Wildman–Crippen MR) is 97.6 cm³/mol. The van der Waals surface area contributed by atoms with Crippen LogP contribution in [-0.4, -0.2) is 42.4 Å². The van der Waals surface area contributed by atoms with Crippen molar-refractivity contribution in [1.82, 2.24) is 20.8 Å². The molecule has 0 saturated carbocycles. The summed E-state index contributed by atoms with van der Waals surface area (Å²) in [7, 11) is 0. The van der Waals surface area contributed by atoms with Gasteiger partial charge in [0.2, 0.25) is 5.89 Å². The molecule has 0 aliphatic carbocycles. The van der Waals surface area contributed by atoms with Crippen LogP contribution < -0.4 is 10.6 Å². The van der Waals surface area contributed by atoms with Crippen molar-refractivity contribution >= 4 is 29.9 Å². The summed E-state index contributed by atoms with van der Waals surface area (Å²) in [6, 6.07) is 0. The zero-order valence-corrected chi connectivity index (χ0v) is 16.1. The number of hydrogen-bond acceptors (Lipinski definition) is 5. The molecule has 1 aromatic rings. The number of aromatic nitrogens is 2. The number of hydrogen-bond donors (Lipinski definition) is 2. The standard InChI is InChI=1S/C14H27N5O2.HI/c1-4-6-9-20-10-7-8-16-14(15-5-2)17-11-13-18-12(3)19-21-13;/h4-11H2,1-3H3,(H2,15,16,17);1H. The molecule has 22 heavy (non-hydrogen) atoms. The Labute approximate surface area is 149 Å². The largest absolute Gasteiger partial charge is 0.381 e. The number of aliphatic imine (C=N–C) groups is 1. The molecular formula is C14H28IN5O2. The summed E-state index contributed by atoms with van der Waals surface area (Å²) in [6.07, 6.45) is 3.25. The lowest BCUT2D eigenvalue weighted by molar-refractivity contribution is 0.129. The summed E-state index contributed by atoms with van der Waals surface area (Å²) in [5.41, 5.74) is 0. The molecule has 0 unspecified atom stereocenters. The predicted octanol–water partition coefficient (Wildman–Crippen LogP) is 2.26. The number of halogens is 1. The number of guanidine groups is 1. The molecule has 1 aromatic heterocycles. The van der Waals surface area contributed by atoms with Gasteiger partial charge in [0, 0.05) is 26.3 Å². The lowest BCUT2D eigenvalue weighted by atomic mass is 10.4. The molecular weight excluding hydrogens is 397 g/mol. The molecule has 7 nitrogen and oxygen atoms in total. The minimum atomic E-state index is 0. The van der Waals surface area contributed by atoms with Crippen LogP contribution in [0.4, 0.5) is 0 Å². The monoisotopic (exact) mass is 425 g/mol. The number of unbranched alkanes of at least 4 members (excludes halogenated alkanes) is 1. The number of nitrogens with one attached hydrogen (secondary N) is 2. The molecule has 1 rings (SSSR count). The summed E-state index contributed by atoms with van der Waals surface area (Å²) >= 11 is 0. The number of ether oxygens (including phenoxy) is 1. The van der Waals surface area contributed by atoms with Gasteiger partial charge in [-0.1, -0.05) is 18.5 Å². The zero-order chi connectivity index (χ0) is 15.3. The Hall–Kier alpha value is -0.900. The van der Waals surface area contributed by atoms with Crippen molar-refractivity contribution in [3.05, 3.63) is 11.7 Å². The van der Waals surface area contributed by atoms with E-state index in [-0.39, 0.29) is 24.0 Å². The van der Waals surface area contributed by atoms with E-state index in [9.17, 15) is 0 Å². The Morgan fingerprint density at radius 3 is 2.64 bits per heavy atom. The minimum absolute atomic E-state index is 0. The third kappa shape index (κ3) is 9.93. The third-order valence-corrected chi connectivity index (χ3v) is 2.69. The molecule has 8 heteroatoms. The highest BCUT2D eigenvalue weighted by molar-refractivity contribution is 14.0. The molecule has 128 valence electrons. The maximum absolute atomic E-state index is 5.51. The highest BCUT2D eigenvalue weighted by Crippen LogP contribution is 1.97. The summed E-state index contributed by atoms with van der Waals surface area (Å²) in [6.45, 7) is 9.61. The second-order valence-corrected chi connectivity index (χ2v) is 4.68. The second-order valence-electron chi connectivity index (χ2n) is 4.68. The molecule has 0 fully saturated rings. The van der Waals surface area contributed by atoms with Gasteiger partial charge in [0.1, 0.15) is 6.54 Å². The quantitative estimate of drug-likeness (QED) is 0.259. The van der Waals surface area contributed by atoms with Crippen LogP contribution in [0.15, 0.2) is 9.52 Å². The van der Waals surface area contributed by atoms with E-state index >= 15 is 0 Å². The summed E-state index contributed by atoms with van der Waals surface area (Å²) < 4.78 is 10.5. The normalized spacial score (nSPS) is 11.1. The first kappa shape index (κ1) is 21.1. The van der Waals surface area contributed by atoms with Crippen molar-refractivity contribution in [3.8, 4) is 0 Å². The van der Waals surface area contributed by atoms with Gasteiger partial charge in [0.05, 0.1) is 0 Å². The van der Waals surface area contributed by atoms with Crippen molar-refractivity contribution in [2.45, 2.75) is 46.6 Å². The van der Waals surface area contributed by atoms with Crippen molar-refractivity contribution < 1.29 is 9.26 Å². The zero-order valence-electron chi connectivity index (χ0n) is 13.7. The van der Waals surface area contributed by atoms with Crippen LogP contribution in [0.3, 0.4) is 0 Å². The van der Waals surface area contributed by atoms with Crippen LogP contribution in [0.1, 0.15) is 44.8 Å². The van der Waals surface area contributed by atoms with Gasteiger partial charge in [0.15, 0.2) is 11.8 Å². The fourth-order valence-electron chi connectivity index (χ4n) is 1.62. The fourth-order valence-corrected chi connectivity index (χ4v) is 1.62. The Morgan fingerprint density at radius 1 is 1.23 bits per heavy atom. The van der Waals surface area contributed by atoms with E-state index in [4.69, 9.17) is 9.26 Å². The van der Waals surface area contributed by atoms with Crippen LogP contribution in [0.25, 0.3) is 0 Å². The number of nitrogens with zero attached hydrogens (tertiary/aromatic N) is 3. The fraction of sp³-hybridized carbons (Fsp3) is 0.786. The third-order valence-electron chi connectivity index (χ3n) is 2.69. The second kappa shape index (κ2) is 13.7. The van der Waals surface area contributed by atoms with Gasteiger partial charge in [-0.15, -0.1) is 24.0 Å². The van der Waals surface area contributed by atoms with E-state index in [1.54, 1.807) is 6.92 Å². The SMILES string of the molecule is CCCCOCCCNC(=NCc1nc(C)no1)NCC.I. The lowest BCUT2D eigenvalue weighted by Gasteiger charge is -2.10. The van der Waals surface area contributed by atoms with Crippen molar-refractivity contribution in [1.29, 1.82) is 0 Å². The molecule has 0 atom stereocenters. The van der Waals surface area contributed by atoms with Crippen LogP contribution in [0, 0.1) is 6.92 Å². The van der Waals surface area contributed by atoms with Gasteiger partial charge >= 0.3 is 0 Å². The molecule has 0 aromatic carbocycles. The number of aryl methyl sites for hydroxylation is 1. The first-order valence-electron chi connectivity index (χ1n) is 7.65. The van der Waals surface area contributed by atoms with Crippen LogP contribution in [-0.2, 0) is 11.3 Å². The van der Waals surface area contributed by atoms with E-state index in [2.05, 4.69) is 32.7 Å². The Bertz CT molecular complexity index is 412. The van der Waals surface area contributed by atoms with Crippen LogP contribution in [0.2, 0.25) is 0 Å². The van der Waals surface area contributed by atoms with E-state index in [0.29, 0.717) is 18.3 Å². The Balaban J connectivity index is 0.00000441. The maximum Gasteiger partial charge on any atom is 0.248 e. The smallest absolute Gasteiger partial charge is 0.248 e. The molecule has 0 aliphatic heterocycles. The first-order valence-corrected chi connectivity index (χ1v) is 7.65. The first-order chi connectivity index (χ1) is 10.3. The van der Waals surface area contributed by atoms with Crippen LogP contribution >= 0.6 is 24.0 Å². The van der Waals surface area contributed by atoms with Gasteiger partial charge in [-0.25, -0.2) is 4.99 Å². The van der Waals surface area contributed by atoms with Gasteiger partial charge < -0.3 is 19.9 Å². The van der Waals surface area contributed by atoms with E-state index < -0.39 is 0 Å². The molecule has 0 aliphatic rings. The minimum Gasteiger partial charge on any atom is -0.381 e. The van der Waals surface area contributed by atoms with Crippen LogP contribution in [0.5, 0.6) is 0 Å². The highest BCUT2D eigenvalue weighted by atomic mass is 127. The molecule has 0 amide bonds. The molecule has 0 spiro atoms. The maximum atomic E-state index is 5.51. The molecule has 2 N–H and O–H groups in total. The molecule has 1 heterocycles. The topological polar surface area (TPSA) is 84.6 Å². The van der Waals surface area contributed by atoms with Gasteiger partial charge in [-0.3, -0.25) is 0 Å². The Kier molecular flexibility index (Phi) is 13.2. The molecule has 0 bridgehead atoms. The summed E-state index contributed by atoms with van der Waals surface area (Å²) in [4.78, 5) is 8.52. The summed E-state index contributed by atoms with van der Waals surface area (Å²) in [5, 5.41) is 10.2. The molecule has 0 radical (unpaired) electrons. The van der Waals surface area contributed by atoms with Crippen molar-refractivity contribution in [3.63, 3.8) is 0 Å². The van der Waals surface area contributed by atoms with Gasteiger partial charge in [-0.2, -0.15) is 4.98 Å². The van der Waals surface area contributed by atoms with E-state index in [0.717, 1.165) is 45.1 Å². The van der Waals surface area contributed by atoms with Gasteiger partial charge in [-0.05, 0) is 26.7 Å². The lowest BCUT2D eigenvalue weighted by Crippen LogP contribution is -2.38. The average Bonchev–Trinajstić information content (AvgIpc) is 2.89. The highest BCUT2D eigenvalue weighted by Gasteiger charge is 2.02. The van der Waals surface area contributed by atoms with Crippen molar-refractivity contribution in [2.75, 3.05) is 26.3 Å². The summed E-state index contributed by atoms with van der Waals surface area (Å²) in [5.74, 6) is 1.90. The van der Waals surface area contributed by atoms with E-state index in [1.165, 1.54) is 6.42 Å². The van der Waals surface area contributed by atoms with E-state index in [1.807, 2.05) is 6.92 Å².